The first-order chi connectivity index (χ1) is 13.1. The number of amides is 1. The van der Waals surface area contributed by atoms with Gasteiger partial charge in [-0.2, -0.15) is 0 Å². The minimum Gasteiger partial charge on any atom is -0.494 e. The number of nitrogens with one attached hydrogen (secondary N) is 1. The highest BCUT2D eigenvalue weighted by atomic mass is 16.5. The van der Waals surface area contributed by atoms with E-state index in [-0.39, 0.29) is 12.5 Å². The highest BCUT2D eigenvalue weighted by molar-refractivity contribution is 5.92. The zero-order chi connectivity index (χ0) is 19.1. The zero-order valence-corrected chi connectivity index (χ0v) is 16.0. The Hall–Kier alpha value is -2.73. The standard InChI is InChI=1S/C21H27N3O3/c1-3-26-19-8-10-20(11-9-19)27-16-21(25)22-17-4-6-18(7-5-17)24-14-12-23(2)13-15-24/h4-11H,3,12-16H2,1-2H3,(H,22,25). The summed E-state index contributed by atoms with van der Waals surface area (Å²) in [6.45, 7) is 6.72. The van der Waals surface area contributed by atoms with E-state index in [2.05, 4.69) is 22.2 Å². The fourth-order valence-electron chi connectivity index (χ4n) is 2.96. The maximum Gasteiger partial charge on any atom is 0.262 e. The van der Waals surface area contributed by atoms with Gasteiger partial charge in [0.25, 0.3) is 5.91 Å². The maximum absolute atomic E-state index is 12.1. The van der Waals surface area contributed by atoms with Crippen molar-refractivity contribution in [2.24, 2.45) is 0 Å². The van der Waals surface area contributed by atoms with Gasteiger partial charge in [-0.3, -0.25) is 4.79 Å². The van der Waals surface area contributed by atoms with Crippen LogP contribution in [0, 0.1) is 0 Å². The number of hydrogen-bond donors (Lipinski definition) is 1. The van der Waals surface area contributed by atoms with Gasteiger partial charge >= 0.3 is 0 Å². The minimum atomic E-state index is -0.184. The van der Waals surface area contributed by atoms with Crippen molar-refractivity contribution in [3.63, 3.8) is 0 Å². The van der Waals surface area contributed by atoms with E-state index in [4.69, 9.17) is 9.47 Å². The monoisotopic (exact) mass is 369 g/mol. The molecule has 6 nitrogen and oxygen atoms in total. The number of ether oxygens (including phenoxy) is 2. The second kappa shape index (κ2) is 9.28. The minimum absolute atomic E-state index is 0.0335. The van der Waals surface area contributed by atoms with Gasteiger partial charge in [0, 0.05) is 37.6 Å². The number of carbonyl (C=O) groups is 1. The lowest BCUT2D eigenvalue weighted by atomic mass is 10.2. The van der Waals surface area contributed by atoms with Crippen molar-refractivity contribution in [1.29, 1.82) is 0 Å². The van der Waals surface area contributed by atoms with Crippen LogP contribution in [0.3, 0.4) is 0 Å². The van der Waals surface area contributed by atoms with E-state index >= 15 is 0 Å². The molecule has 1 N–H and O–H groups in total. The Morgan fingerprint density at radius 2 is 1.52 bits per heavy atom. The van der Waals surface area contributed by atoms with Crippen LogP contribution in [0.4, 0.5) is 11.4 Å². The molecule has 1 aliphatic heterocycles. The third-order valence-electron chi connectivity index (χ3n) is 4.52. The predicted molar refractivity (Wildman–Crippen MR) is 108 cm³/mol. The van der Waals surface area contributed by atoms with Gasteiger partial charge < -0.3 is 24.6 Å². The summed E-state index contributed by atoms with van der Waals surface area (Å²) in [6, 6.07) is 15.2. The summed E-state index contributed by atoms with van der Waals surface area (Å²) in [6.07, 6.45) is 0. The molecule has 0 spiro atoms. The third kappa shape index (κ3) is 5.62. The second-order valence-corrected chi connectivity index (χ2v) is 6.58. The molecule has 0 radical (unpaired) electrons. The largest absolute Gasteiger partial charge is 0.494 e. The number of likely N-dealkylation sites (N-methyl/N-ethyl adjacent to an activating group) is 1. The lowest BCUT2D eigenvalue weighted by molar-refractivity contribution is -0.118. The molecule has 0 aliphatic carbocycles. The summed E-state index contributed by atoms with van der Waals surface area (Å²) < 4.78 is 10.9. The molecule has 1 amide bonds. The fourth-order valence-corrected chi connectivity index (χ4v) is 2.96. The van der Waals surface area contributed by atoms with Crippen LogP contribution in [0.25, 0.3) is 0 Å². The van der Waals surface area contributed by atoms with Crippen molar-refractivity contribution in [3.8, 4) is 11.5 Å². The summed E-state index contributed by atoms with van der Waals surface area (Å²) in [5.74, 6) is 1.24. The molecule has 0 unspecified atom stereocenters. The van der Waals surface area contributed by atoms with E-state index in [9.17, 15) is 4.79 Å². The average Bonchev–Trinajstić information content (AvgIpc) is 2.69. The van der Waals surface area contributed by atoms with Gasteiger partial charge in [0.05, 0.1) is 6.61 Å². The van der Waals surface area contributed by atoms with E-state index in [0.29, 0.717) is 12.4 Å². The van der Waals surface area contributed by atoms with Crippen molar-refractivity contribution in [2.75, 3.05) is 56.7 Å². The molecule has 2 aromatic carbocycles. The number of carbonyl (C=O) groups excluding carboxylic acids is 1. The first-order valence-corrected chi connectivity index (χ1v) is 9.33. The normalized spacial score (nSPS) is 14.7. The van der Waals surface area contributed by atoms with E-state index in [0.717, 1.165) is 37.6 Å². The molecule has 1 aliphatic rings. The van der Waals surface area contributed by atoms with Crippen molar-refractivity contribution in [2.45, 2.75) is 6.92 Å². The summed E-state index contributed by atoms with van der Waals surface area (Å²) in [4.78, 5) is 16.8. The van der Waals surface area contributed by atoms with Crippen LogP contribution in [0.1, 0.15) is 6.92 Å². The van der Waals surface area contributed by atoms with Crippen molar-refractivity contribution >= 4 is 17.3 Å². The van der Waals surface area contributed by atoms with Gasteiger partial charge in [-0.1, -0.05) is 0 Å². The first-order valence-electron chi connectivity index (χ1n) is 9.33. The van der Waals surface area contributed by atoms with Gasteiger partial charge in [0.2, 0.25) is 0 Å². The number of nitrogens with zero attached hydrogens (tertiary/aromatic N) is 2. The molecule has 0 bridgehead atoms. The van der Waals surface area contributed by atoms with E-state index in [1.807, 2.05) is 43.3 Å². The Morgan fingerprint density at radius 1 is 0.926 bits per heavy atom. The quantitative estimate of drug-likeness (QED) is 0.813. The average molecular weight is 369 g/mol. The molecule has 0 aromatic heterocycles. The molecule has 2 aromatic rings. The van der Waals surface area contributed by atoms with E-state index < -0.39 is 0 Å². The maximum atomic E-state index is 12.1. The topological polar surface area (TPSA) is 54.0 Å². The lowest BCUT2D eigenvalue weighted by Crippen LogP contribution is -2.44. The Labute approximate surface area is 160 Å². The zero-order valence-electron chi connectivity index (χ0n) is 16.0. The molecular weight excluding hydrogens is 342 g/mol. The van der Waals surface area contributed by atoms with Gasteiger partial charge in [0.1, 0.15) is 11.5 Å². The summed E-state index contributed by atoms with van der Waals surface area (Å²) >= 11 is 0. The number of piperazine rings is 1. The Morgan fingerprint density at radius 3 is 2.11 bits per heavy atom. The fraction of sp³-hybridized carbons (Fsp3) is 0.381. The highest BCUT2D eigenvalue weighted by Gasteiger charge is 2.14. The van der Waals surface area contributed by atoms with E-state index in [1.54, 1.807) is 12.1 Å². The number of hydrogen-bond acceptors (Lipinski definition) is 5. The van der Waals surface area contributed by atoms with Gasteiger partial charge in [-0.05, 0) is 62.5 Å². The van der Waals surface area contributed by atoms with Crippen molar-refractivity contribution in [1.82, 2.24) is 4.90 Å². The molecule has 3 rings (SSSR count). The summed E-state index contributed by atoms with van der Waals surface area (Å²) in [5, 5.41) is 2.87. The summed E-state index contributed by atoms with van der Waals surface area (Å²) in [5.41, 5.74) is 1.96. The Kier molecular flexibility index (Phi) is 6.54. The number of benzene rings is 2. The van der Waals surface area contributed by atoms with Crippen LogP contribution in [0.15, 0.2) is 48.5 Å². The van der Waals surface area contributed by atoms with Crippen LogP contribution in [0.2, 0.25) is 0 Å². The molecule has 6 heteroatoms. The van der Waals surface area contributed by atoms with E-state index in [1.165, 1.54) is 5.69 Å². The molecule has 1 saturated heterocycles. The predicted octanol–water partition coefficient (Wildman–Crippen LogP) is 2.85. The Balaban J connectivity index is 1.46. The highest BCUT2D eigenvalue weighted by Crippen LogP contribution is 2.20. The van der Waals surface area contributed by atoms with Crippen LogP contribution < -0.4 is 19.7 Å². The lowest BCUT2D eigenvalue weighted by Gasteiger charge is -2.34. The first kappa shape index (κ1) is 19.0. The van der Waals surface area contributed by atoms with Crippen LogP contribution in [0.5, 0.6) is 11.5 Å². The third-order valence-corrected chi connectivity index (χ3v) is 4.52. The SMILES string of the molecule is CCOc1ccc(OCC(=O)Nc2ccc(N3CCN(C)CC3)cc2)cc1. The van der Waals surface area contributed by atoms with Crippen LogP contribution >= 0.6 is 0 Å². The molecule has 1 heterocycles. The van der Waals surface area contributed by atoms with Crippen molar-refractivity contribution in [3.05, 3.63) is 48.5 Å². The molecule has 0 atom stereocenters. The second-order valence-electron chi connectivity index (χ2n) is 6.58. The molecule has 27 heavy (non-hydrogen) atoms. The Bertz CT molecular complexity index is 723. The molecular formula is C21H27N3O3. The van der Waals surface area contributed by atoms with Crippen LogP contribution in [-0.4, -0.2) is 57.2 Å². The smallest absolute Gasteiger partial charge is 0.262 e. The summed E-state index contributed by atoms with van der Waals surface area (Å²) in [7, 11) is 2.14. The molecule has 144 valence electrons. The van der Waals surface area contributed by atoms with Crippen LogP contribution in [-0.2, 0) is 4.79 Å². The van der Waals surface area contributed by atoms with Gasteiger partial charge in [-0.15, -0.1) is 0 Å². The number of anilines is 2. The van der Waals surface area contributed by atoms with Gasteiger partial charge in [0.15, 0.2) is 6.61 Å². The van der Waals surface area contributed by atoms with Gasteiger partial charge in [-0.25, -0.2) is 0 Å². The number of rotatable bonds is 7. The molecule has 0 saturated carbocycles. The van der Waals surface area contributed by atoms with Crippen molar-refractivity contribution < 1.29 is 14.3 Å². The molecule has 1 fully saturated rings.